The minimum Gasteiger partial charge on any atom is -0.496 e. The molecule has 2 N–H and O–H groups in total. The lowest BCUT2D eigenvalue weighted by Crippen LogP contribution is -2.15. The van der Waals surface area contributed by atoms with E-state index in [4.69, 9.17) is 10.5 Å². The molecule has 112 valence electrons. The average molecular weight is 349 g/mol. The number of ether oxygens (including phenoxy) is 1. The summed E-state index contributed by atoms with van der Waals surface area (Å²) < 4.78 is 6.51. The van der Waals surface area contributed by atoms with Crippen molar-refractivity contribution in [3.63, 3.8) is 0 Å². The van der Waals surface area contributed by atoms with Crippen molar-refractivity contribution in [2.75, 3.05) is 7.11 Å². The zero-order valence-corrected chi connectivity index (χ0v) is 14.5. The van der Waals surface area contributed by atoms with Crippen LogP contribution in [0.2, 0.25) is 0 Å². The molecule has 0 bridgehead atoms. The molecule has 2 rings (SSSR count). The summed E-state index contributed by atoms with van der Waals surface area (Å²) in [5.41, 5.74) is 11.8. The first-order chi connectivity index (χ1) is 9.92. The Hall–Kier alpha value is -1.39. The third-order valence-corrected chi connectivity index (χ3v) is 4.11. The van der Waals surface area contributed by atoms with E-state index in [9.17, 15) is 0 Å². The highest BCUT2D eigenvalue weighted by molar-refractivity contribution is 9.10. The SMILES string of the molecule is COc1c(C)cnc(CC(N)c2cc(C)cc(Br)c2)c1C. The number of pyridine rings is 1. The molecule has 0 saturated carbocycles. The first-order valence-corrected chi connectivity index (χ1v) is 7.73. The molecule has 0 amide bonds. The number of aryl methyl sites for hydroxylation is 2. The second-order valence-electron chi connectivity index (χ2n) is 5.42. The van der Waals surface area contributed by atoms with Gasteiger partial charge in [0.05, 0.1) is 7.11 Å². The Morgan fingerprint density at radius 2 is 1.95 bits per heavy atom. The number of hydrogen-bond acceptors (Lipinski definition) is 3. The van der Waals surface area contributed by atoms with Gasteiger partial charge in [0.15, 0.2) is 0 Å². The molecule has 1 aromatic carbocycles. The van der Waals surface area contributed by atoms with E-state index < -0.39 is 0 Å². The number of halogens is 1. The fraction of sp³-hybridized carbons (Fsp3) is 0.353. The van der Waals surface area contributed by atoms with Crippen LogP contribution in [0, 0.1) is 20.8 Å². The lowest BCUT2D eigenvalue weighted by Gasteiger charge is -2.17. The quantitative estimate of drug-likeness (QED) is 0.907. The van der Waals surface area contributed by atoms with Crippen LogP contribution in [-0.2, 0) is 6.42 Å². The minimum absolute atomic E-state index is 0.0835. The molecule has 1 unspecified atom stereocenters. The molecule has 0 radical (unpaired) electrons. The topological polar surface area (TPSA) is 48.1 Å². The number of hydrogen-bond donors (Lipinski definition) is 1. The maximum Gasteiger partial charge on any atom is 0.128 e. The van der Waals surface area contributed by atoms with E-state index in [0.29, 0.717) is 6.42 Å². The molecule has 0 fully saturated rings. The maximum absolute atomic E-state index is 6.36. The van der Waals surface area contributed by atoms with Gasteiger partial charge in [-0.15, -0.1) is 0 Å². The Kier molecular flexibility index (Phi) is 5.01. The van der Waals surface area contributed by atoms with Crippen LogP contribution in [0.15, 0.2) is 28.9 Å². The average Bonchev–Trinajstić information content (AvgIpc) is 2.41. The first kappa shape index (κ1) is 16.0. The third kappa shape index (κ3) is 3.63. The van der Waals surface area contributed by atoms with Gasteiger partial charge in [-0.1, -0.05) is 22.0 Å². The van der Waals surface area contributed by atoms with E-state index in [-0.39, 0.29) is 6.04 Å². The highest BCUT2D eigenvalue weighted by Gasteiger charge is 2.14. The summed E-state index contributed by atoms with van der Waals surface area (Å²) in [5.74, 6) is 0.901. The molecule has 1 heterocycles. The van der Waals surface area contributed by atoms with Gasteiger partial charge in [-0.2, -0.15) is 0 Å². The van der Waals surface area contributed by atoms with Crippen LogP contribution < -0.4 is 10.5 Å². The van der Waals surface area contributed by atoms with E-state index in [1.54, 1.807) is 7.11 Å². The van der Waals surface area contributed by atoms with Crippen LogP contribution in [0.4, 0.5) is 0 Å². The standard InChI is InChI=1S/C17H21BrN2O/c1-10-5-13(7-14(18)6-10)15(19)8-16-12(3)17(21-4)11(2)9-20-16/h5-7,9,15H,8,19H2,1-4H3. The van der Waals surface area contributed by atoms with Gasteiger partial charge < -0.3 is 10.5 Å². The van der Waals surface area contributed by atoms with Crippen LogP contribution in [0.1, 0.15) is 34.0 Å². The summed E-state index contributed by atoms with van der Waals surface area (Å²) in [6.07, 6.45) is 2.54. The van der Waals surface area contributed by atoms with Gasteiger partial charge in [0.25, 0.3) is 0 Å². The van der Waals surface area contributed by atoms with E-state index in [2.05, 4.69) is 46.0 Å². The molecule has 1 aromatic heterocycles. The third-order valence-electron chi connectivity index (χ3n) is 3.66. The maximum atomic E-state index is 6.36. The van der Waals surface area contributed by atoms with Crippen molar-refractivity contribution < 1.29 is 4.74 Å². The summed E-state index contributed by atoms with van der Waals surface area (Å²) in [7, 11) is 1.69. The Morgan fingerprint density at radius 3 is 2.57 bits per heavy atom. The number of benzene rings is 1. The highest BCUT2D eigenvalue weighted by atomic mass is 79.9. The monoisotopic (exact) mass is 348 g/mol. The summed E-state index contributed by atoms with van der Waals surface area (Å²) in [4.78, 5) is 4.53. The molecule has 4 heteroatoms. The van der Waals surface area contributed by atoms with Crippen molar-refractivity contribution in [1.82, 2.24) is 4.98 Å². The number of methoxy groups -OCH3 is 1. The fourth-order valence-electron chi connectivity index (χ4n) is 2.58. The lowest BCUT2D eigenvalue weighted by molar-refractivity contribution is 0.406. The smallest absolute Gasteiger partial charge is 0.128 e. The number of nitrogens with zero attached hydrogens (tertiary/aromatic N) is 1. The van der Waals surface area contributed by atoms with E-state index in [1.165, 1.54) is 5.56 Å². The normalized spacial score (nSPS) is 12.3. The second kappa shape index (κ2) is 6.58. The minimum atomic E-state index is -0.0835. The summed E-state index contributed by atoms with van der Waals surface area (Å²) in [6, 6.07) is 6.18. The van der Waals surface area contributed by atoms with Gasteiger partial charge in [0.1, 0.15) is 5.75 Å². The Morgan fingerprint density at radius 1 is 1.24 bits per heavy atom. The van der Waals surface area contributed by atoms with Crippen molar-refractivity contribution in [2.45, 2.75) is 33.2 Å². The number of rotatable bonds is 4. The van der Waals surface area contributed by atoms with Gasteiger partial charge in [-0.05, 0) is 44.0 Å². The summed E-state index contributed by atoms with van der Waals surface area (Å²) in [5, 5.41) is 0. The van der Waals surface area contributed by atoms with Crippen LogP contribution in [-0.4, -0.2) is 12.1 Å². The van der Waals surface area contributed by atoms with Crippen molar-refractivity contribution in [3.8, 4) is 5.75 Å². The Labute approximate surface area is 134 Å². The number of aromatic nitrogens is 1. The zero-order valence-electron chi connectivity index (χ0n) is 12.9. The van der Waals surface area contributed by atoms with Crippen molar-refractivity contribution in [3.05, 3.63) is 56.8 Å². The first-order valence-electron chi connectivity index (χ1n) is 6.94. The summed E-state index contributed by atoms with van der Waals surface area (Å²) >= 11 is 3.52. The molecule has 0 spiro atoms. The van der Waals surface area contributed by atoms with E-state index >= 15 is 0 Å². The van der Waals surface area contributed by atoms with Crippen molar-refractivity contribution in [1.29, 1.82) is 0 Å². The molecule has 2 aromatic rings. The fourth-order valence-corrected chi connectivity index (χ4v) is 3.21. The van der Waals surface area contributed by atoms with E-state index in [1.807, 2.05) is 20.0 Å². The molecule has 1 atom stereocenters. The largest absolute Gasteiger partial charge is 0.496 e. The molecule has 0 aliphatic heterocycles. The van der Waals surface area contributed by atoms with Crippen LogP contribution >= 0.6 is 15.9 Å². The Balaban J connectivity index is 2.29. The lowest BCUT2D eigenvalue weighted by atomic mass is 9.98. The van der Waals surface area contributed by atoms with Gasteiger partial charge in [-0.25, -0.2) is 0 Å². The predicted molar refractivity (Wildman–Crippen MR) is 89.8 cm³/mol. The number of nitrogens with two attached hydrogens (primary N) is 1. The highest BCUT2D eigenvalue weighted by Crippen LogP contribution is 2.27. The van der Waals surface area contributed by atoms with Crippen LogP contribution in [0.5, 0.6) is 5.75 Å². The summed E-state index contributed by atoms with van der Waals surface area (Å²) in [6.45, 7) is 6.10. The van der Waals surface area contributed by atoms with Crippen molar-refractivity contribution >= 4 is 15.9 Å². The second-order valence-corrected chi connectivity index (χ2v) is 6.33. The molecule has 21 heavy (non-hydrogen) atoms. The zero-order chi connectivity index (χ0) is 15.6. The Bertz CT molecular complexity index is 635. The van der Waals surface area contributed by atoms with Crippen LogP contribution in [0.3, 0.4) is 0 Å². The molecular weight excluding hydrogens is 328 g/mol. The molecule has 0 saturated heterocycles. The molecule has 0 aliphatic carbocycles. The van der Waals surface area contributed by atoms with Crippen LogP contribution in [0.25, 0.3) is 0 Å². The molecular formula is C17H21BrN2O. The predicted octanol–water partition coefficient (Wildman–Crippen LogP) is 4.02. The molecule has 0 aliphatic rings. The van der Waals surface area contributed by atoms with Crippen molar-refractivity contribution in [2.24, 2.45) is 5.73 Å². The van der Waals surface area contributed by atoms with Gasteiger partial charge in [0, 0.05) is 40.0 Å². The van der Waals surface area contributed by atoms with Gasteiger partial charge in [-0.3, -0.25) is 4.98 Å². The van der Waals surface area contributed by atoms with Gasteiger partial charge in [0.2, 0.25) is 0 Å². The molecule has 3 nitrogen and oxygen atoms in total. The van der Waals surface area contributed by atoms with Gasteiger partial charge >= 0.3 is 0 Å². The van der Waals surface area contributed by atoms with E-state index in [0.717, 1.165) is 32.6 Å².